The lowest BCUT2D eigenvalue weighted by Crippen LogP contribution is -2.14. The molecule has 0 aliphatic heterocycles. The maximum Gasteiger partial charge on any atom is 0.226 e. The molecular formula is C16H18N4OS. The highest BCUT2D eigenvalue weighted by Gasteiger charge is 2.20. The van der Waals surface area contributed by atoms with Crippen molar-refractivity contribution in [3.63, 3.8) is 0 Å². The van der Waals surface area contributed by atoms with Crippen LogP contribution < -0.4 is 5.32 Å². The van der Waals surface area contributed by atoms with E-state index in [1.54, 1.807) is 23.9 Å². The van der Waals surface area contributed by atoms with E-state index in [9.17, 15) is 10.1 Å². The highest BCUT2D eigenvalue weighted by atomic mass is 32.1. The van der Waals surface area contributed by atoms with E-state index >= 15 is 0 Å². The van der Waals surface area contributed by atoms with E-state index < -0.39 is 0 Å². The summed E-state index contributed by atoms with van der Waals surface area (Å²) in [6.07, 6.45) is 11.1. The van der Waals surface area contributed by atoms with Crippen molar-refractivity contribution in [1.29, 1.82) is 5.26 Å². The Morgan fingerprint density at radius 1 is 1.41 bits per heavy atom. The molecule has 1 N–H and O–H groups in total. The normalized spacial score (nSPS) is 14.0. The molecule has 2 aromatic heterocycles. The average Bonchev–Trinajstić information content (AvgIpc) is 3.08. The van der Waals surface area contributed by atoms with Crippen LogP contribution in [-0.2, 0) is 24.2 Å². The fourth-order valence-corrected chi connectivity index (χ4v) is 4.04. The summed E-state index contributed by atoms with van der Waals surface area (Å²) < 4.78 is 1.87. The third-order valence-corrected chi connectivity index (χ3v) is 5.15. The average molecular weight is 314 g/mol. The van der Waals surface area contributed by atoms with Crippen molar-refractivity contribution in [3.05, 3.63) is 34.7 Å². The van der Waals surface area contributed by atoms with Crippen molar-refractivity contribution in [2.45, 2.75) is 45.1 Å². The number of rotatable bonds is 4. The van der Waals surface area contributed by atoms with Crippen LogP contribution in [0.5, 0.6) is 0 Å². The number of amides is 1. The molecule has 0 bridgehead atoms. The van der Waals surface area contributed by atoms with Crippen molar-refractivity contribution in [1.82, 2.24) is 9.55 Å². The lowest BCUT2D eigenvalue weighted by Gasteiger charge is -2.04. The van der Waals surface area contributed by atoms with Gasteiger partial charge in [0.15, 0.2) is 0 Å². The molecule has 1 amide bonds. The van der Waals surface area contributed by atoms with E-state index in [0.717, 1.165) is 29.8 Å². The van der Waals surface area contributed by atoms with Gasteiger partial charge in [-0.05, 0) is 31.2 Å². The zero-order chi connectivity index (χ0) is 15.4. The van der Waals surface area contributed by atoms with Gasteiger partial charge < -0.3 is 9.88 Å². The number of imidazole rings is 1. The summed E-state index contributed by atoms with van der Waals surface area (Å²) in [5, 5.41) is 13.1. The molecule has 6 heteroatoms. The molecule has 0 radical (unpaired) electrons. The smallest absolute Gasteiger partial charge is 0.226 e. The monoisotopic (exact) mass is 314 g/mol. The van der Waals surface area contributed by atoms with Crippen molar-refractivity contribution >= 4 is 22.2 Å². The Morgan fingerprint density at radius 3 is 3.05 bits per heavy atom. The molecular weight excluding hydrogens is 296 g/mol. The molecule has 0 atom stereocenters. The van der Waals surface area contributed by atoms with Crippen LogP contribution in [0.15, 0.2) is 18.7 Å². The van der Waals surface area contributed by atoms with Gasteiger partial charge in [-0.15, -0.1) is 11.3 Å². The van der Waals surface area contributed by atoms with Gasteiger partial charge in [0.2, 0.25) is 5.91 Å². The van der Waals surface area contributed by atoms with Crippen molar-refractivity contribution in [2.24, 2.45) is 0 Å². The first kappa shape index (κ1) is 14.8. The van der Waals surface area contributed by atoms with Gasteiger partial charge in [-0.2, -0.15) is 5.26 Å². The molecule has 5 nitrogen and oxygen atoms in total. The number of anilines is 1. The Balaban J connectivity index is 1.69. The highest BCUT2D eigenvalue weighted by Crippen LogP contribution is 2.36. The number of aromatic nitrogens is 2. The van der Waals surface area contributed by atoms with Gasteiger partial charge in [-0.1, -0.05) is 6.42 Å². The molecule has 3 rings (SSSR count). The molecule has 22 heavy (non-hydrogen) atoms. The Labute approximate surface area is 133 Å². The van der Waals surface area contributed by atoms with Gasteiger partial charge in [0.1, 0.15) is 11.1 Å². The molecule has 2 heterocycles. The lowest BCUT2D eigenvalue weighted by atomic mass is 10.1. The molecule has 0 fully saturated rings. The summed E-state index contributed by atoms with van der Waals surface area (Å²) in [5.41, 5.74) is 1.84. The number of hydrogen-bond donors (Lipinski definition) is 1. The zero-order valence-corrected chi connectivity index (χ0v) is 13.2. The minimum atomic E-state index is -0.0541. The number of carbonyl (C=O) groups is 1. The molecule has 2 aromatic rings. The van der Waals surface area contributed by atoms with Crippen LogP contribution in [0, 0.1) is 11.3 Å². The zero-order valence-electron chi connectivity index (χ0n) is 12.3. The largest absolute Gasteiger partial charge is 0.337 e. The molecule has 1 aliphatic rings. The van der Waals surface area contributed by atoms with Crippen LogP contribution in [0.4, 0.5) is 5.00 Å². The van der Waals surface area contributed by atoms with E-state index in [0.29, 0.717) is 18.5 Å². The molecule has 0 saturated carbocycles. The third-order valence-electron chi connectivity index (χ3n) is 3.94. The molecule has 0 unspecified atom stereocenters. The third kappa shape index (κ3) is 3.20. The second-order valence-corrected chi connectivity index (χ2v) is 6.58. The van der Waals surface area contributed by atoms with Gasteiger partial charge in [-0.25, -0.2) is 4.98 Å². The number of hydrogen-bond acceptors (Lipinski definition) is 4. The second-order valence-electron chi connectivity index (χ2n) is 5.48. The molecule has 0 aromatic carbocycles. The highest BCUT2D eigenvalue weighted by molar-refractivity contribution is 7.16. The number of fused-ring (bicyclic) bond motifs is 1. The fraction of sp³-hybridized carbons (Fsp3) is 0.438. The van der Waals surface area contributed by atoms with E-state index in [2.05, 4.69) is 16.4 Å². The summed E-state index contributed by atoms with van der Waals surface area (Å²) in [6.45, 7) is 0.596. The number of nitrogens with zero attached hydrogens (tertiary/aromatic N) is 3. The summed E-state index contributed by atoms with van der Waals surface area (Å²) >= 11 is 1.58. The standard InChI is InChI=1S/C16H18N4OS/c17-10-13-12-4-2-1-3-5-14(12)22-16(13)19-15(21)6-8-20-9-7-18-11-20/h7,9,11H,1-6,8H2,(H,19,21). The lowest BCUT2D eigenvalue weighted by molar-refractivity contribution is -0.116. The van der Waals surface area contributed by atoms with Crippen LogP contribution in [-0.4, -0.2) is 15.5 Å². The first-order chi connectivity index (χ1) is 10.8. The van der Waals surface area contributed by atoms with Crippen LogP contribution in [0.3, 0.4) is 0 Å². The van der Waals surface area contributed by atoms with Gasteiger partial charge in [-0.3, -0.25) is 4.79 Å². The van der Waals surface area contributed by atoms with Gasteiger partial charge in [0.05, 0.1) is 11.9 Å². The predicted molar refractivity (Wildman–Crippen MR) is 85.8 cm³/mol. The topological polar surface area (TPSA) is 70.7 Å². The summed E-state index contributed by atoms with van der Waals surface area (Å²) in [4.78, 5) is 17.3. The van der Waals surface area contributed by atoms with Gasteiger partial charge >= 0.3 is 0 Å². The molecule has 0 spiro atoms. The SMILES string of the molecule is N#Cc1c(NC(=O)CCn2ccnc2)sc2c1CCCCC2. The predicted octanol–water partition coefficient (Wildman–Crippen LogP) is 3.11. The van der Waals surface area contributed by atoms with Crippen LogP contribution >= 0.6 is 11.3 Å². The maximum atomic E-state index is 12.1. The minimum absolute atomic E-state index is 0.0541. The number of nitriles is 1. The fourth-order valence-electron chi connectivity index (χ4n) is 2.79. The quantitative estimate of drug-likeness (QED) is 0.881. The summed E-state index contributed by atoms with van der Waals surface area (Å²) in [5.74, 6) is -0.0541. The number of carbonyl (C=O) groups excluding carboxylic acids is 1. The van der Waals surface area contributed by atoms with Gasteiger partial charge in [0, 0.05) is 30.2 Å². The summed E-state index contributed by atoms with van der Waals surface area (Å²) in [6, 6.07) is 2.29. The Hall–Kier alpha value is -2.13. The minimum Gasteiger partial charge on any atom is -0.337 e. The van der Waals surface area contributed by atoms with Crippen LogP contribution in [0.25, 0.3) is 0 Å². The number of nitrogens with one attached hydrogen (secondary N) is 1. The Morgan fingerprint density at radius 2 is 2.27 bits per heavy atom. The van der Waals surface area contributed by atoms with E-state index in [-0.39, 0.29) is 5.91 Å². The molecule has 0 saturated heterocycles. The van der Waals surface area contributed by atoms with Crippen LogP contribution in [0.1, 0.15) is 41.7 Å². The Bertz CT molecular complexity index is 697. The maximum absolute atomic E-state index is 12.1. The Kier molecular flexibility index (Phi) is 4.54. The van der Waals surface area contributed by atoms with Crippen molar-refractivity contribution < 1.29 is 4.79 Å². The molecule has 114 valence electrons. The first-order valence-electron chi connectivity index (χ1n) is 7.58. The second kappa shape index (κ2) is 6.75. The van der Waals surface area contributed by atoms with Crippen molar-refractivity contribution in [3.8, 4) is 6.07 Å². The summed E-state index contributed by atoms with van der Waals surface area (Å²) in [7, 11) is 0. The van der Waals surface area contributed by atoms with E-state index in [4.69, 9.17) is 0 Å². The first-order valence-corrected chi connectivity index (χ1v) is 8.40. The number of thiophene rings is 1. The number of aryl methyl sites for hydroxylation is 2. The van der Waals surface area contributed by atoms with Crippen molar-refractivity contribution in [2.75, 3.05) is 5.32 Å². The van der Waals surface area contributed by atoms with E-state index in [1.807, 2.05) is 10.8 Å². The van der Waals surface area contributed by atoms with E-state index in [1.165, 1.54) is 17.7 Å². The van der Waals surface area contributed by atoms with Gasteiger partial charge in [0.25, 0.3) is 0 Å². The molecule has 1 aliphatic carbocycles. The van der Waals surface area contributed by atoms with Crippen LogP contribution in [0.2, 0.25) is 0 Å².